The molecule has 3 aromatic rings. The van der Waals surface area contributed by atoms with E-state index in [0.29, 0.717) is 18.9 Å². The van der Waals surface area contributed by atoms with Crippen LogP contribution in [-0.2, 0) is 24.1 Å². The van der Waals surface area contributed by atoms with Crippen molar-refractivity contribution >= 4 is 5.78 Å². The maximum Gasteiger partial charge on any atom is 0.226 e. The molecular weight excluding hydrogens is 426 g/mol. The van der Waals surface area contributed by atoms with Crippen molar-refractivity contribution < 1.29 is 18.7 Å². The summed E-state index contributed by atoms with van der Waals surface area (Å²) < 4.78 is 18.7. The van der Waals surface area contributed by atoms with Gasteiger partial charge in [0.1, 0.15) is 17.3 Å². The zero-order valence-electron chi connectivity index (χ0n) is 21.2. The van der Waals surface area contributed by atoms with E-state index in [2.05, 4.69) is 13.8 Å². The van der Waals surface area contributed by atoms with E-state index in [4.69, 9.17) is 18.9 Å². The fourth-order valence-corrected chi connectivity index (χ4v) is 4.47. The Hall–Kier alpha value is -3.08. The molecule has 0 radical (unpaired) electrons. The molecule has 1 aromatic heterocycles. The highest BCUT2D eigenvalue weighted by molar-refractivity contribution is 5.84. The van der Waals surface area contributed by atoms with Crippen LogP contribution in [0.5, 0.6) is 11.5 Å². The number of hydrogen-bond acceptors (Lipinski definition) is 5. The Morgan fingerprint density at radius 1 is 1.00 bits per heavy atom. The van der Waals surface area contributed by atoms with Crippen LogP contribution in [0.1, 0.15) is 67.3 Å². The fraction of sp³-hybridized carbons (Fsp3) is 0.448. The summed E-state index contributed by atoms with van der Waals surface area (Å²) in [4.78, 5) is 16.8. The fourth-order valence-electron chi connectivity index (χ4n) is 4.47. The highest BCUT2D eigenvalue weighted by Gasteiger charge is 2.31. The van der Waals surface area contributed by atoms with Crippen LogP contribution in [0, 0.1) is 20.8 Å². The predicted octanol–water partition coefficient (Wildman–Crippen LogP) is 6.51. The highest BCUT2D eigenvalue weighted by atomic mass is 16.5. The molecule has 1 aliphatic rings. The van der Waals surface area contributed by atoms with Gasteiger partial charge in [-0.15, -0.1) is 0 Å². The molecule has 0 spiro atoms. The number of nitrogens with zero attached hydrogens (tertiary/aromatic N) is 1. The summed E-state index contributed by atoms with van der Waals surface area (Å²) in [6, 6.07) is 9.95. The normalized spacial score (nSPS) is 13.5. The van der Waals surface area contributed by atoms with Crippen LogP contribution in [-0.4, -0.2) is 23.0 Å². The third-order valence-electron chi connectivity index (χ3n) is 6.96. The number of ether oxygens (including phenoxy) is 2. The van der Waals surface area contributed by atoms with Gasteiger partial charge in [0.15, 0.2) is 11.4 Å². The first kappa shape index (κ1) is 24.1. The van der Waals surface area contributed by atoms with Crippen molar-refractivity contribution in [3.8, 4) is 23.0 Å². The molecule has 0 aliphatic heterocycles. The van der Waals surface area contributed by atoms with Crippen LogP contribution < -0.4 is 9.47 Å². The first-order valence-corrected chi connectivity index (χ1v) is 12.2. The van der Waals surface area contributed by atoms with Crippen molar-refractivity contribution in [1.29, 1.82) is 0 Å². The summed E-state index contributed by atoms with van der Waals surface area (Å²) in [6.45, 7) is 11.9. The number of Topliss-reactive ketones (excluding diaryl/α,β-unsaturated/α-hetero) is 1. The van der Waals surface area contributed by atoms with Gasteiger partial charge in [-0.25, -0.2) is 4.98 Å². The number of hydrogen-bond donors (Lipinski definition) is 0. The molecule has 0 bridgehead atoms. The molecule has 5 nitrogen and oxygen atoms in total. The Morgan fingerprint density at radius 2 is 1.62 bits per heavy atom. The van der Waals surface area contributed by atoms with Crippen molar-refractivity contribution in [2.75, 3.05) is 6.61 Å². The Labute approximate surface area is 202 Å². The molecule has 0 saturated carbocycles. The van der Waals surface area contributed by atoms with Gasteiger partial charge in [0, 0.05) is 23.1 Å². The summed E-state index contributed by atoms with van der Waals surface area (Å²) in [5, 5.41) is 0. The third-order valence-corrected chi connectivity index (χ3v) is 6.96. The number of rotatable bonds is 8. The molecule has 4 rings (SSSR count). The van der Waals surface area contributed by atoms with Crippen molar-refractivity contribution in [3.05, 3.63) is 64.0 Å². The molecule has 0 N–H and O–H groups in total. The van der Waals surface area contributed by atoms with Crippen LogP contribution in [0.3, 0.4) is 0 Å². The minimum atomic E-state index is -0.855. The van der Waals surface area contributed by atoms with Gasteiger partial charge >= 0.3 is 0 Å². The van der Waals surface area contributed by atoms with Crippen LogP contribution in [0.2, 0.25) is 0 Å². The van der Waals surface area contributed by atoms with E-state index >= 15 is 0 Å². The van der Waals surface area contributed by atoms with Gasteiger partial charge in [0.2, 0.25) is 5.89 Å². The lowest BCUT2D eigenvalue weighted by molar-refractivity contribution is -0.129. The van der Waals surface area contributed by atoms with Crippen LogP contribution >= 0.6 is 0 Å². The topological polar surface area (TPSA) is 61.6 Å². The average Bonchev–Trinajstić information content (AvgIpc) is 3.20. The maximum absolute atomic E-state index is 12.1. The first-order chi connectivity index (χ1) is 16.2. The van der Waals surface area contributed by atoms with Crippen LogP contribution in [0.15, 0.2) is 34.7 Å². The lowest BCUT2D eigenvalue weighted by Crippen LogP contribution is -2.37. The Balaban J connectivity index is 1.57. The van der Waals surface area contributed by atoms with Gasteiger partial charge in [-0.3, -0.25) is 4.79 Å². The van der Waals surface area contributed by atoms with Gasteiger partial charge in [-0.1, -0.05) is 18.2 Å². The summed E-state index contributed by atoms with van der Waals surface area (Å²) in [6.07, 6.45) is 4.82. The number of benzene rings is 2. The second kappa shape index (κ2) is 9.65. The molecule has 1 aliphatic carbocycles. The third kappa shape index (κ3) is 4.75. The number of oxazole rings is 1. The summed E-state index contributed by atoms with van der Waals surface area (Å²) in [5.41, 5.74) is 5.60. The molecule has 34 heavy (non-hydrogen) atoms. The van der Waals surface area contributed by atoms with E-state index in [-0.39, 0.29) is 5.78 Å². The second-order valence-corrected chi connectivity index (χ2v) is 9.73. The second-order valence-electron chi connectivity index (χ2n) is 9.73. The van der Waals surface area contributed by atoms with Crippen molar-refractivity contribution in [2.24, 2.45) is 0 Å². The van der Waals surface area contributed by atoms with E-state index in [9.17, 15) is 4.79 Å². The SMILES string of the molecule is CC(=O)C(C)(C)Oc1c(C)c(C)c(OCCc2nc(-c3ccccc3)oc2C)c2c1CCCC2. The molecule has 0 unspecified atom stereocenters. The maximum atomic E-state index is 12.1. The highest BCUT2D eigenvalue weighted by Crippen LogP contribution is 2.43. The Kier molecular flexibility index (Phi) is 6.83. The van der Waals surface area contributed by atoms with Crippen molar-refractivity contribution in [2.45, 2.75) is 79.2 Å². The predicted molar refractivity (Wildman–Crippen MR) is 134 cm³/mol. The van der Waals surface area contributed by atoms with Gasteiger partial charge < -0.3 is 13.9 Å². The van der Waals surface area contributed by atoms with Gasteiger partial charge in [0.05, 0.1) is 12.3 Å². The molecular formula is C29H35NO4. The van der Waals surface area contributed by atoms with E-state index in [1.807, 2.05) is 51.1 Å². The molecule has 2 aromatic carbocycles. The Morgan fingerprint density at radius 3 is 2.26 bits per heavy atom. The Bertz CT molecular complexity index is 1190. The van der Waals surface area contributed by atoms with Gasteiger partial charge in [0.25, 0.3) is 0 Å². The molecule has 5 heteroatoms. The number of fused-ring (bicyclic) bond motifs is 1. The number of aryl methyl sites for hydroxylation is 1. The number of carbonyl (C=O) groups is 1. The van der Waals surface area contributed by atoms with Crippen molar-refractivity contribution in [3.63, 3.8) is 0 Å². The molecule has 1 heterocycles. The number of carbonyl (C=O) groups excluding carboxylic acids is 1. The van der Waals surface area contributed by atoms with E-state index in [1.165, 1.54) is 11.1 Å². The lowest BCUT2D eigenvalue weighted by Gasteiger charge is -2.31. The van der Waals surface area contributed by atoms with Crippen molar-refractivity contribution in [1.82, 2.24) is 4.98 Å². The van der Waals surface area contributed by atoms with E-state index in [0.717, 1.165) is 65.3 Å². The van der Waals surface area contributed by atoms with E-state index in [1.54, 1.807) is 6.92 Å². The summed E-state index contributed by atoms with van der Waals surface area (Å²) in [7, 11) is 0. The molecule has 0 saturated heterocycles. The summed E-state index contributed by atoms with van der Waals surface area (Å²) >= 11 is 0. The largest absolute Gasteiger partial charge is 0.493 e. The zero-order valence-corrected chi connectivity index (χ0v) is 21.2. The summed E-state index contributed by atoms with van der Waals surface area (Å²) in [5.74, 6) is 3.32. The molecule has 0 atom stereocenters. The molecule has 180 valence electrons. The average molecular weight is 462 g/mol. The zero-order chi connectivity index (χ0) is 24.5. The molecule has 0 fully saturated rings. The van der Waals surface area contributed by atoms with Crippen LogP contribution in [0.4, 0.5) is 0 Å². The van der Waals surface area contributed by atoms with E-state index < -0.39 is 5.60 Å². The lowest BCUT2D eigenvalue weighted by atomic mass is 9.86. The number of aromatic nitrogens is 1. The smallest absolute Gasteiger partial charge is 0.226 e. The minimum absolute atomic E-state index is 0.0206. The van der Waals surface area contributed by atoms with Gasteiger partial charge in [-0.05, 0) is 90.5 Å². The van der Waals surface area contributed by atoms with Crippen LogP contribution in [0.25, 0.3) is 11.5 Å². The standard InChI is InChI=1S/C29H35NO4/c1-18-19(2)27(34-29(5,6)21(4)31)24-15-11-10-14-23(24)26(18)32-17-16-25-20(3)33-28(30-25)22-12-8-7-9-13-22/h7-9,12-13H,10-11,14-17H2,1-6H3. The monoisotopic (exact) mass is 461 g/mol. The minimum Gasteiger partial charge on any atom is -0.493 e. The number of ketones is 1. The van der Waals surface area contributed by atoms with Gasteiger partial charge in [-0.2, -0.15) is 0 Å². The first-order valence-electron chi connectivity index (χ1n) is 12.2. The quantitative estimate of drug-likeness (QED) is 0.382. The molecule has 0 amide bonds.